The molecule has 0 saturated carbocycles. The maximum Gasteiger partial charge on any atom is 0.303 e. The fourth-order valence-corrected chi connectivity index (χ4v) is 4.09. The Bertz CT molecular complexity index is 957. The van der Waals surface area contributed by atoms with Gasteiger partial charge in [-0.15, -0.1) is 11.3 Å². The number of nitrogens with one attached hydrogen (secondary N) is 1. The summed E-state index contributed by atoms with van der Waals surface area (Å²) in [6, 6.07) is 6.20. The van der Waals surface area contributed by atoms with Crippen LogP contribution in [0.2, 0.25) is 0 Å². The second kappa shape index (κ2) is 8.93. The number of aliphatic imine (C=N–C) groups is 1. The Balaban J connectivity index is 1.84. The van der Waals surface area contributed by atoms with Crippen LogP contribution in [-0.2, 0) is 11.2 Å². The van der Waals surface area contributed by atoms with Crippen LogP contribution in [0.15, 0.2) is 45.9 Å². The van der Waals surface area contributed by atoms with Gasteiger partial charge in [-0.05, 0) is 60.6 Å². The van der Waals surface area contributed by atoms with Crippen LogP contribution in [0.25, 0.3) is 6.08 Å². The maximum absolute atomic E-state index is 10.9. The van der Waals surface area contributed by atoms with Crippen molar-refractivity contribution < 1.29 is 14.4 Å². The van der Waals surface area contributed by atoms with Crippen LogP contribution in [0.4, 0.5) is 0 Å². The molecule has 0 spiro atoms. The van der Waals surface area contributed by atoms with E-state index in [2.05, 4.69) is 55.8 Å². The van der Waals surface area contributed by atoms with E-state index in [9.17, 15) is 4.79 Å². The van der Waals surface area contributed by atoms with E-state index in [1.165, 1.54) is 10.5 Å². The Morgan fingerprint density at radius 2 is 2.10 bits per heavy atom. The van der Waals surface area contributed by atoms with E-state index in [0.717, 1.165) is 52.2 Å². The summed E-state index contributed by atoms with van der Waals surface area (Å²) < 4.78 is 0.952. The largest absolute Gasteiger partial charge is 0.481 e. The second-order valence-corrected chi connectivity index (χ2v) is 9.52. The fourth-order valence-electron chi connectivity index (χ4n) is 3.40. The van der Waals surface area contributed by atoms with Gasteiger partial charge in [-0.3, -0.25) is 4.79 Å². The molecule has 0 amide bonds. The third-order valence-corrected chi connectivity index (χ3v) is 5.82. The van der Waals surface area contributed by atoms with Crippen LogP contribution < -0.4 is 0 Å². The molecular formula is C23H30N3O2S+. The summed E-state index contributed by atoms with van der Waals surface area (Å²) in [4.78, 5) is 20.3. The number of H-pyrrole nitrogens is 1. The molecule has 29 heavy (non-hydrogen) atoms. The molecule has 0 saturated heterocycles. The minimum Gasteiger partial charge on any atom is -0.481 e. The van der Waals surface area contributed by atoms with Gasteiger partial charge < -0.3 is 14.6 Å². The molecular weight excluding hydrogens is 382 g/mol. The minimum atomic E-state index is -0.777. The van der Waals surface area contributed by atoms with Gasteiger partial charge in [-0.1, -0.05) is 6.07 Å². The Morgan fingerprint density at radius 3 is 2.76 bits per heavy atom. The Kier molecular flexibility index (Phi) is 6.55. The molecule has 0 atom stereocenters. The summed E-state index contributed by atoms with van der Waals surface area (Å²) >= 11 is 1.71. The highest BCUT2D eigenvalue weighted by Gasteiger charge is 2.18. The smallest absolute Gasteiger partial charge is 0.303 e. The van der Waals surface area contributed by atoms with Crippen molar-refractivity contribution in [3.05, 3.63) is 62.8 Å². The quantitative estimate of drug-likeness (QED) is 0.589. The molecule has 2 N–H and O–H groups in total. The third kappa shape index (κ3) is 6.02. The van der Waals surface area contributed by atoms with Crippen molar-refractivity contribution in [1.29, 1.82) is 0 Å². The molecule has 154 valence electrons. The van der Waals surface area contributed by atoms with Gasteiger partial charge in [0.2, 0.25) is 0 Å². The lowest BCUT2D eigenvalue weighted by atomic mass is 10.1. The van der Waals surface area contributed by atoms with E-state index >= 15 is 0 Å². The van der Waals surface area contributed by atoms with E-state index in [1.807, 2.05) is 13.0 Å². The van der Waals surface area contributed by atoms with Gasteiger partial charge in [0.1, 0.15) is 0 Å². The van der Waals surface area contributed by atoms with E-state index in [0.29, 0.717) is 6.42 Å². The normalized spacial score (nSPS) is 15.7. The van der Waals surface area contributed by atoms with Crippen LogP contribution in [0.1, 0.15) is 41.1 Å². The Hall–Kier alpha value is -2.44. The first-order valence-electron chi connectivity index (χ1n) is 9.97. The molecule has 0 unspecified atom stereocenters. The van der Waals surface area contributed by atoms with Crippen molar-refractivity contribution in [3.63, 3.8) is 0 Å². The molecule has 6 heteroatoms. The number of rotatable bonds is 9. The van der Waals surface area contributed by atoms with Crippen molar-refractivity contribution in [3.8, 4) is 0 Å². The van der Waals surface area contributed by atoms with Crippen LogP contribution in [0, 0.1) is 6.92 Å². The molecule has 5 nitrogen and oxygen atoms in total. The zero-order chi connectivity index (χ0) is 21.0. The van der Waals surface area contributed by atoms with E-state index < -0.39 is 5.97 Å². The minimum absolute atomic E-state index is 0.132. The summed E-state index contributed by atoms with van der Waals surface area (Å²) in [5.74, 6) is -0.777. The van der Waals surface area contributed by atoms with Gasteiger partial charge >= 0.3 is 5.97 Å². The molecule has 0 fully saturated rings. The van der Waals surface area contributed by atoms with Crippen LogP contribution in [0.3, 0.4) is 0 Å². The third-order valence-electron chi connectivity index (χ3n) is 4.93. The number of aliphatic carboxylic acids is 1. The van der Waals surface area contributed by atoms with Gasteiger partial charge in [0.25, 0.3) is 0 Å². The van der Waals surface area contributed by atoms with E-state index in [4.69, 9.17) is 10.1 Å². The van der Waals surface area contributed by atoms with Gasteiger partial charge in [0, 0.05) is 17.8 Å². The first kappa shape index (κ1) is 21.3. The SMILES string of the molecule is Cc1cc(CCC(=O)O)[nH]c1C=C1N=C(c2cccs2)C=C1CCC[N+](C)(C)C. The van der Waals surface area contributed by atoms with Crippen LogP contribution in [-0.4, -0.2) is 53.9 Å². The number of carbonyl (C=O) groups is 1. The lowest BCUT2D eigenvalue weighted by Gasteiger charge is -2.23. The number of allylic oxidation sites excluding steroid dienone is 2. The monoisotopic (exact) mass is 412 g/mol. The average Bonchev–Trinajstić information content (AvgIpc) is 3.34. The van der Waals surface area contributed by atoms with Gasteiger partial charge in [-0.25, -0.2) is 4.99 Å². The maximum atomic E-state index is 10.9. The highest BCUT2D eigenvalue weighted by atomic mass is 32.1. The number of aromatic amines is 1. The number of quaternary nitrogens is 1. The second-order valence-electron chi connectivity index (χ2n) is 8.58. The fraction of sp³-hybridized carbons (Fsp3) is 0.391. The topological polar surface area (TPSA) is 65.4 Å². The first-order chi connectivity index (χ1) is 13.7. The van der Waals surface area contributed by atoms with E-state index in [-0.39, 0.29) is 6.42 Å². The molecule has 0 aromatic carbocycles. The summed E-state index contributed by atoms with van der Waals surface area (Å²) in [5, 5.41) is 11.0. The standard InChI is InChI=1S/C23H29N3O2S/c1-16-13-18(9-10-23(27)28)24-19(16)15-20-17(7-5-11-26(2,3)4)14-21(25-20)22-8-6-12-29-22/h6,8,12-15H,5,7,9-11H2,1-4H3,(H-,24,25,27,28)/p+1. The molecule has 1 aliphatic rings. The molecule has 2 aromatic rings. The lowest BCUT2D eigenvalue weighted by Crippen LogP contribution is -2.35. The predicted octanol–water partition coefficient (Wildman–Crippen LogP) is 4.66. The molecule has 0 aliphatic carbocycles. The first-order valence-corrected chi connectivity index (χ1v) is 10.9. The van der Waals surface area contributed by atoms with Crippen molar-refractivity contribution in [2.24, 2.45) is 4.99 Å². The average molecular weight is 413 g/mol. The number of thiophene rings is 1. The Morgan fingerprint density at radius 1 is 1.31 bits per heavy atom. The number of hydrogen-bond donors (Lipinski definition) is 2. The number of aromatic nitrogens is 1. The van der Waals surface area contributed by atoms with Crippen molar-refractivity contribution >= 4 is 29.1 Å². The van der Waals surface area contributed by atoms with Crippen LogP contribution >= 0.6 is 11.3 Å². The number of carboxylic acid groups (broad SMARTS) is 1. The number of carboxylic acids is 1. The van der Waals surface area contributed by atoms with Gasteiger partial charge in [0.15, 0.2) is 0 Å². The molecule has 3 heterocycles. The Labute approximate surface area is 176 Å². The highest BCUT2D eigenvalue weighted by Crippen LogP contribution is 2.30. The van der Waals surface area contributed by atoms with Gasteiger partial charge in [0.05, 0.1) is 50.4 Å². The summed E-state index contributed by atoms with van der Waals surface area (Å²) in [6.45, 7) is 3.16. The predicted molar refractivity (Wildman–Crippen MR) is 121 cm³/mol. The highest BCUT2D eigenvalue weighted by molar-refractivity contribution is 7.12. The van der Waals surface area contributed by atoms with Gasteiger partial charge in [-0.2, -0.15) is 0 Å². The molecule has 3 rings (SSSR count). The van der Waals surface area contributed by atoms with Crippen LogP contribution in [0.5, 0.6) is 0 Å². The number of nitrogens with zero attached hydrogens (tertiary/aromatic N) is 2. The molecule has 0 radical (unpaired) electrons. The summed E-state index contributed by atoms with van der Waals surface area (Å²) in [5.41, 5.74) is 6.37. The zero-order valence-electron chi connectivity index (χ0n) is 17.7. The summed E-state index contributed by atoms with van der Waals surface area (Å²) in [6.07, 6.45) is 7.07. The van der Waals surface area contributed by atoms with Crippen molar-refractivity contribution in [1.82, 2.24) is 4.98 Å². The lowest BCUT2D eigenvalue weighted by molar-refractivity contribution is -0.870. The summed E-state index contributed by atoms with van der Waals surface area (Å²) in [7, 11) is 6.65. The zero-order valence-corrected chi connectivity index (χ0v) is 18.5. The van der Waals surface area contributed by atoms with E-state index in [1.54, 1.807) is 11.3 Å². The molecule has 0 bridgehead atoms. The molecule has 1 aliphatic heterocycles. The molecule has 2 aromatic heterocycles. The number of aryl methyl sites for hydroxylation is 2. The van der Waals surface area contributed by atoms with Crippen molar-refractivity contribution in [2.45, 2.75) is 32.6 Å². The number of hydrogen-bond acceptors (Lipinski definition) is 3. The van der Waals surface area contributed by atoms with Crippen molar-refractivity contribution in [2.75, 3.05) is 27.7 Å².